The zero-order chi connectivity index (χ0) is 13.3. The Morgan fingerprint density at radius 3 is 2.67 bits per heavy atom. The maximum Gasteiger partial charge on any atom is 0.241 e. The molecule has 0 aromatic carbocycles. The number of likely N-dealkylation sites (N-methyl/N-ethyl adjacent to an activating group) is 1. The first-order chi connectivity index (χ1) is 8.47. The van der Waals surface area contributed by atoms with Crippen molar-refractivity contribution in [3.8, 4) is 0 Å². The van der Waals surface area contributed by atoms with Gasteiger partial charge in [0.15, 0.2) is 0 Å². The van der Waals surface area contributed by atoms with Crippen LogP contribution in [0.15, 0.2) is 0 Å². The van der Waals surface area contributed by atoms with Crippen LogP contribution in [0, 0.1) is 0 Å². The molecule has 104 valence electrons. The van der Waals surface area contributed by atoms with Crippen molar-refractivity contribution in [2.45, 2.75) is 38.3 Å². The molecular weight excluding hydrogens is 272 g/mol. The van der Waals surface area contributed by atoms with Crippen molar-refractivity contribution >= 4 is 27.7 Å². The van der Waals surface area contributed by atoms with Crippen LogP contribution in [0.1, 0.15) is 26.2 Å². The van der Waals surface area contributed by atoms with Crippen LogP contribution in [-0.4, -0.2) is 60.0 Å². The maximum absolute atomic E-state index is 12.3. The number of hydrogen-bond acceptors (Lipinski definition) is 4. The number of thioether (sulfide) groups is 1. The molecule has 0 bridgehead atoms. The predicted octanol–water partition coefficient (Wildman–Crippen LogP) is 0.722. The smallest absolute Gasteiger partial charge is 0.241 e. The molecule has 1 aliphatic heterocycles. The molecule has 2 rings (SSSR count). The van der Waals surface area contributed by atoms with Gasteiger partial charge in [-0.25, -0.2) is 8.42 Å². The second kappa shape index (κ2) is 5.38. The lowest BCUT2D eigenvalue weighted by Crippen LogP contribution is -2.48. The Kier molecular flexibility index (Phi) is 4.23. The maximum atomic E-state index is 12.3. The van der Waals surface area contributed by atoms with Crippen molar-refractivity contribution in [3.63, 3.8) is 0 Å². The lowest BCUT2D eigenvalue weighted by Gasteiger charge is -2.26. The van der Waals surface area contributed by atoms with Gasteiger partial charge in [-0.3, -0.25) is 4.79 Å². The molecule has 2 fully saturated rings. The van der Waals surface area contributed by atoms with Gasteiger partial charge in [0, 0.05) is 18.8 Å². The molecule has 0 N–H and O–H groups in total. The zero-order valence-electron chi connectivity index (χ0n) is 10.8. The van der Waals surface area contributed by atoms with Gasteiger partial charge in [-0.2, -0.15) is 4.31 Å². The Balaban J connectivity index is 2.09. The summed E-state index contributed by atoms with van der Waals surface area (Å²) in [4.78, 5) is 14.0. The van der Waals surface area contributed by atoms with Gasteiger partial charge in [0.05, 0.1) is 11.6 Å². The van der Waals surface area contributed by atoms with E-state index >= 15 is 0 Å². The Morgan fingerprint density at radius 1 is 1.44 bits per heavy atom. The first-order valence-electron chi connectivity index (χ1n) is 6.31. The highest BCUT2D eigenvalue weighted by atomic mass is 32.2. The summed E-state index contributed by atoms with van der Waals surface area (Å²) in [6, 6.07) is -0.157. The van der Waals surface area contributed by atoms with Crippen molar-refractivity contribution in [1.29, 1.82) is 0 Å². The predicted molar refractivity (Wildman–Crippen MR) is 72.8 cm³/mol. The number of rotatable bonds is 5. The summed E-state index contributed by atoms with van der Waals surface area (Å²) in [6.45, 7) is 1.84. The second-order valence-corrected chi connectivity index (χ2v) is 7.94. The summed E-state index contributed by atoms with van der Waals surface area (Å²) in [5, 5.41) is 0. The molecule has 1 saturated carbocycles. The van der Waals surface area contributed by atoms with Gasteiger partial charge in [0.2, 0.25) is 15.9 Å². The van der Waals surface area contributed by atoms with Crippen molar-refractivity contribution in [3.05, 3.63) is 0 Å². The number of nitrogens with zero attached hydrogens (tertiary/aromatic N) is 2. The molecule has 1 heterocycles. The third kappa shape index (κ3) is 2.83. The van der Waals surface area contributed by atoms with E-state index in [0.717, 1.165) is 12.8 Å². The van der Waals surface area contributed by atoms with E-state index in [1.807, 2.05) is 6.92 Å². The standard InChI is InChI=1S/C11H20N2O3S2/c1-3-6-18(15,16)13-8-17-7-10(13)11(14)12(2)9-4-5-9/h9-10H,3-8H2,1-2H3. The highest BCUT2D eigenvalue weighted by molar-refractivity contribution is 8.00. The summed E-state index contributed by atoms with van der Waals surface area (Å²) in [5.74, 6) is 1.09. The van der Waals surface area contributed by atoms with E-state index in [0.29, 0.717) is 24.1 Å². The molecule has 2 aliphatic rings. The molecule has 7 heteroatoms. The molecule has 18 heavy (non-hydrogen) atoms. The van der Waals surface area contributed by atoms with E-state index in [-0.39, 0.29) is 11.7 Å². The largest absolute Gasteiger partial charge is 0.341 e. The summed E-state index contributed by atoms with van der Waals surface area (Å²) >= 11 is 1.52. The fourth-order valence-corrected chi connectivity index (χ4v) is 5.42. The fraction of sp³-hybridized carbons (Fsp3) is 0.909. The first kappa shape index (κ1) is 14.1. The van der Waals surface area contributed by atoms with Gasteiger partial charge in [-0.05, 0) is 19.3 Å². The Bertz CT molecular complexity index is 420. The van der Waals surface area contributed by atoms with Crippen LogP contribution in [0.5, 0.6) is 0 Å². The van der Waals surface area contributed by atoms with Gasteiger partial charge in [-0.15, -0.1) is 11.8 Å². The SMILES string of the molecule is CCCS(=O)(=O)N1CSCC1C(=O)N(C)C1CC1. The third-order valence-corrected chi connectivity index (χ3v) is 6.59. The van der Waals surface area contributed by atoms with Crippen LogP contribution < -0.4 is 0 Å². The number of hydrogen-bond donors (Lipinski definition) is 0. The molecule has 1 saturated heterocycles. The first-order valence-corrected chi connectivity index (χ1v) is 9.07. The van der Waals surface area contributed by atoms with Gasteiger partial charge in [0.25, 0.3) is 0 Å². The van der Waals surface area contributed by atoms with Crippen molar-refractivity contribution < 1.29 is 13.2 Å². The van der Waals surface area contributed by atoms with Gasteiger partial charge >= 0.3 is 0 Å². The normalized spacial score (nSPS) is 25.3. The van der Waals surface area contributed by atoms with Crippen LogP contribution in [0.3, 0.4) is 0 Å². The quantitative estimate of drug-likeness (QED) is 0.749. The summed E-state index contributed by atoms with van der Waals surface area (Å²) in [6.07, 6.45) is 2.68. The van der Waals surface area contributed by atoms with Crippen molar-refractivity contribution in [2.24, 2.45) is 0 Å². The van der Waals surface area contributed by atoms with Crippen molar-refractivity contribution in [1.82, 2.24) is 9.21 Å². The minimum atomic E-state index is -3.28. The topological polar surface area (TPSA) is 57.7 Å². The summed E-state index contributed by atoms with van der Waals surface area (Å²) < 4.78 is 25.6. The molecule has 1 atom stereocenters. The van der Waals surface area contributed by atoms with E-state index in [9.17, 15) is 13.2 Å². The van der Waals surface area contributed by atoms with Crippen molar-refractivity contribution in [2.75, 3.05) is 24.4 Å². The number of sulfonamides is 1. The lowest BCUT2D eigenvalue weighted by molar-refractivity contribution is -0.133. The van der Waals surface area contributed by atoms with Gasteiger partial charge in [0.1, 0.15) is 6.04 Å². The molecular formula is C11H20N2O3S2. The summed E-state index contributed by atoms with van der Waals surface area (Å²) in [7, 11) is -1.49. The van der Waals surface area contributed by atoms with Crippen LogP contribution in [0.4, 0.5) is 0 Å². The van der Waals surface area contributed by atoms with E-state index in [4.69, 9.17) is 0 Å². The Labute approximate surface area is 113 Å². The Hall–Kier alpha value is -0.270. The number of amides is 1. The number of carbonyl (C=O) groups is 1. The molecule has 0 aromatic heterocycles. The lowest BCUT2D eigenvalue weighted by atomic mass is 10.3. The Morgan fingerprint density at radius 2 is 2.11 bits per heavy atom. The average molecular weight is 292 g/mol. The monoisotopic (exact) mass is 292 g/mol. The van der Waals surface area contributed by atoms with Crippen LogP contribution in [0.2, 0.25) is 0 Å². The average Bonchev–Trinajstić information content (AvgIpc) is 3.03. The molecule has 1 unspecified atom stereocenters. The van der Waals surface area contributed by atoms with E-state index in [1.54, 1.807) is 11.9 Å². The minimum absolute atomic E-state index is 0.0396. The van der Waals surface area contributed by atoms with Gasteiger partial charge < -0.3 is 4.90 Å². The fourth-order valence-electron chi connectivity index (χ4n) is 2.15. The third-order valence-electron chi connectivity index (χ3n) is 3.39. The molecule has 5 nitrogen and oxygen atoms in total. The molecule has 1 amide bonds. The van der Waals surface area contributed by atoms with E-state index < -0.39 is 16.1 Å². The van der Waals surface area contributed by atoms with Crippen LogP contribution in [-0.2, 0) is 14.8 Å². The van der Waals surface area contributed by atoms with Crippen LogP contribution in [0.25, 0.3) is 0 Å². The van der Waals surface area contributed by atoms with E-state index in [1.165, 1.54) is 16.1 Å². The zero-order valence-corrected chi connectivity index (χ0v) is 12.5. The molecule has 0 radical (unpaired) electrons. The second-order valence-electron chi connectivity index (χ2n) is 4.90. The molecule has 1 aliphatic carbocycles. The van der Waals surface area contributed by atoms with Crippen LogP contribution >= 0.6 is 11.8 Å². The summed E-state index contributed by atoms with van der Waals surface area (Å²) in [5.41, 5.74) is 0. The molecule has 0 spiro atoms. The van der Waals surface area contributed by atoms with Gasteiger partial charge in [-0.1, -0.05) is 6.92 Å². The van der Waals surface area contributed by atoms with E-state index in [2.05, 4.69) is 0 Å². The minimum Gasteiger partial charge on any atom is -0.341 e. The highest BCUT2D eigenvalue weighted by Gasteiger charge is 2.42. The number of carbonyl (C=O) groups excluding carboxylic acids is 1. The molecule has 0 aromatic rings. The highest BCUT2D eigenvalue weighted by Crippen LogP contribution is 2.30.